The molecule has 6 nitrogen and oxygen atoms in total. The molecule has 0 unspecified atom stereocenters. The molecular formula is C12H16F3N3O3. The van der Waals surface area contributed by atoms with E-state index in [0.29, 0.717) is 4.90 Å². The van der Waals surface area contributed by atoms with Crippen LogP contribution in [-0.4, -0.2) is 45.3 Å². The predicted octanol–water partition coefficient (Wildman–Crippen LogP) is 1.81. The van der Waals surface area contributed by atoms with Gasteiger partial charge in [-0.25, -0.2) is 0 Å². The average Bonchev–Trinajstić information content (AvgIpc) is 2.70. The molecule has 0 spiro atoms. The number of hydrogen-bond donors (Lipinski definition) is 1. The molecule has 0 fully saturated rings. The molecule has 21 heavy (non-hydrogen) atoms. The summed E-state index contributed by atoms with van der Waals surface area (Å²) in [5.41, 5.74) is -2.83. The van der Waals surface area contributed by atoms with Crippen LogP contribution < -0.4 is 0 Å². The van der Waals surface area contributed by atoms with E-state index < -0.39 is 41.4 Å². The molecule has 0 aliphatic rings. The lowest BCUT2D eigenvalue weighted by Crippen LogP contribution is -2.34. The van der Waals surface area contributed by atoms with Crippen LogP contribution in [0.15, 0.2) is 6.20 Å². The second-order valence-corrected chi connectivity index (χ2v) is 5.54. The number of nitrogens with zero attached hydrogens (tertiary/aromatic N) is 3. The molecule has 0 aliphatic carbocycles. The van der Waals surface area contributed by atoms with Gasteiger partial charge in [0.2, 0.25) is 0 Å². The molecule has 1 N–H and O–H groups in total. The highest BCUT2D eigenvalue weighted by atomic mass is 19.4. The minimum Gasteiger partial charge on any atom is -0.480 e. The quantitative estimate of drug-likeness (QED) is 0.924. The number of aromatic nitrogens is 2. The Kier molecular flexibility index (Phi) is 4.35. The van der Waals surface area contributed by atoms with Crippen molar-refractivity contribution in [3.63, 3.8) is 0 Å². The summed E-state index contributed by atoms with van der Waals surface area (Å²) >= 11 is 0. The maximum Gasteiger partial charge on any atom is 0.433 e. The van der Waals surface area contributed by atoms with E-state index in [1.165, 1.54) is 20.8 Å². The molecule has 0 aliphatic heterocycles. The van der Waals surface area contributed by atoms with E-state index in [9.17, 15) is 22.8 Å². The lowest BCUT2D eigenvalue weighted by atomic mass is 10.1. The molecule has 1 heterocycles. The first-order valence-electron chi connectivity index (χ1n) is 5.98. The monoisotopic (exact) mass is 307 g/mol. The van der Waals surface area contributed by atoms with E-state index in [1.807, 2.05) is 0 Å². The molecule has 118 valence electrons. The average molecular weight is 307 g/mol. The molecular weight excluding hydrogens is 291 g/mol. The Morgan fingerprint density at radius 2 is 1.86 bits per heavy atom. The highest BCUT2D eigenvalue weighted by molar-refractivity contribution is 5.96. The predicted molar refractivity (Wildman–Crippen MR) is 66.8 cm³/mol. The van der Waals surface area contributed by atoms with Gasteiger partial charge in [0.1, 0.15) is 6.54 Å². The Morgan fingerprint density at radius 3 is 2.24 bits per heavy atom. The number of carbonyl (C=O) groups is 2. The first kappa shape index (κ1) is 17.0. The second-order valence-electron chi connectivity index (χ2n) is 5.54. The third-order valence-electron chi connectivity index (χ3n) is 2.62. The van der Waals surface area contributed by atoms with E-state index >= 15 is 0 Å². The van der Waals surface area contributed by atoms with Gasteiger partial charge in [-0.15, -0.1) is 0 Å². The standard InChI is InChI=1S/C12H16F3N3O3/c1-11(2,3)18-9(12(13,14)15)7(5-16-18)10(21)17(4)6-8(19)20/h5H,6H2,1-4H3,(H,19,20). The van der Waals surface area contributed by atoms with Crippen molar-refractivity contribution in [3.05, 3.63) is 17.5 Å². The lowest BCUT2D eigenvalue weighted by molar-refractivity contribution is -0.146. The fraction of sp³-hybridized carbons (Fsp3) is 0.583. The van der Waals surface area contributed by atoms with E-state index in [-0.39, 0.29) is 0 Å². The second kappa shape index (κ2) is 5.38. The van der Waals surface area contributed by atoms with Crippen molar-refractivity contribution in [2.75, 3.05) is 13.6 Å². The van der Waals surface area contributed by atoms with Crippen LogP contribution in [0.25, 0.3) is 0 Å². The smallest absolute Gasteiger partial charge is 0.433 e. The maximum absolute atomic E-state index is 13.2. The van der Waals surface area contributed by atoms with Gasteiger partial charge in [0, 0.05) is 7.05 Å². The van der Waals surface area contributed by atoms with Gasteiger partial charge >= 0.3 is 12.1 Å². The van der Waals surface area contributed by atoms with E-state index in [2.05, 4.69) is 5.10 Å². The summed E-state index contributed by atoms with van der Waals surface area (Å²) in [5.74, 6) is -2.36. The van der Waals surface area contributed by atoms with Crippen molar-refractivity contribution in [1.29, 1.82) is 0 Å². The van der Waals surface area contributed by atoms with Crippen LogP contribution in [-0.2, 0) is 16.5 Å². The maximum atomic E-state index is 13.2. The number of hydrogen-bond acceptors (Lipinski definition) is 3. The summed E-state index contributed by atoms with van der Waals surface area (Å²) in [7, 11) is 1.12. The molecule has 0 aromatic carbocycles. The van der Waals surface area contributed by atoms with Crippen LogP contribution in [0.3, 0.4) is 0 Å². The van der Waals surface area contributed by atoms with Gasteiger partial charge in [-0.05, 0) is 20.8 Å². The molecule has 9 heteroatoms. The van der Waals surface area contributed by atoms with Gasteiger partial charge < -0.3 is 10.0 Å². The Balaban J connectivity index is 3.35. The summed E-state index contributed by atoms with van der Waals surface area (Å²) in [4.78, 5) is 23.2. The number of aliphatic carboxylic acids is 1. The zero-order valence-electron chi connectivity index (χ0n) is 12.0. The van der Waals surface area contributed by atoms with E-state index in [4.69, 9.17) is 5.11 Å². The zero-order chi connectivity index (χ0) is 16.6. The number of carboxylic acids is 1. The number of rotatable bonds is 3. The number of likely N-dealkylation sites (N-methyl/N-ethyl adjacent to an activating group) is 1. The number of alkyl halides is 3. The fourth-order valence-corrected chi connectivity index (χ4v) is 1.77. The van der Waals surface area contributed by atoms with Crippen molar-refractivity contribution in [2.24, 2.45) is 0 Å². The Hall–Kier alpha value is -2.06. The molecule has 1 rings (SSSR count). The summed E-state index contributed by atoms with van der Waals surface area (Å²) in [6.45, 7) is 3.86. The zero-order valence-corrected chi connectivity index (χ0v) is 12.0. The molecule has 1 aromatic rings. The Labute approximate surface area is 119 Å². The van der Waals surface area contributed by atoms with Gasteiger partial charge in [0.25, 0.3) is 5.91 Å². The molecule has 0 atom stereocenters. The Bertz CT molecular complexity index is 558. The van der Waals surface area contributed by atoms with Crippen LogP contribution >= 0.6 is 0 Å². The largest absolute Gasteiger partial charge is 0.480 e. The molecule has 0 saturated carbocycles. The van der Waals surface area contributed by atoms with Crippen molar-refractivity contribution in [2.45, 2.75) is 32.5 Å². The molecule has 0 radical (unpaired) electrons. The van der Waals surface area contributed by atoms with Gasteiger partial charge in [-0.3, -0.25) is 14.3 Å². The first-order valence-corrected chi connectivity index (χ1v) is 5.98. The number of carbonyl (C=O) groups excluding carboxylic acids is 1. The minimum atomic E-state index is -4.78. The summed E-state index contributed by atoms with van der Waals surface area (Å²) in [6, 6.07) is 0. The highest BCUT2D eigenvalue weighted by Gasteiger charge is 2.42. The summed E-state index contributed by atoms with van der Waals surface area (Å²) in [5, 5.41) is 12.2. The molecule has 0 saturated heterocycles. The van der Waals surface area contributed by atoms with Crippen LogP contribution in [0.2, 0.25) is 0 Å². The number of halogens is 3. The third-order valence-corrected chi connectivity index (χ3v) is 2.62. The van der Waals surface area contributed by atoms with Crippen molar-refractivity contribution >= 4 is 11.9 Å². The van der Waals surface area contributed by atoms with Crippen molar-refractivity contribution < 1.29 is 27.9 Å². The van der Waals surface area contributed by atoms with Gasteiger partial charge in [-0.2, -0.15) is 18.3 Å². The normalized spacial score (nSPS) is 12.3. The third kappa shape index (κ3) is 3.73. The fourth-order valence-electron chi connectivity index (χ4n) is 1.77. The van der Waals surface area contributed by atoms with Crippen LogP contribution in [0.1, 0.15) is 36.8 Å². The van der Waals surface area contributed by atoms with Gasteiger partial charge in [-0.1, -0.05) is 0 Å². The topological polar surface area (TPSA) is 75.4 Å². The van der Waals surface area contributed by atoms with Gasteiger partial charge in [0.05, 0.1) is 17.3 Å². The lowest BCUT2D eigenvalue weighted by Gasteiger charge is -2.24. The molecule has 1 amide bonds. The molecule has 0 bridgehead atoms. The van der Waals surface area contributed by atoms with E-state index in [0.717, 1.165) is 17.9 Å². The van der Waals surface area contributed by atoms with Gasteiger partial charge in [0.15, 0.2) is 5.69 Å². The van der Waals surface area contributed by atoms with E-state index in [1.54, 1.807) is 0 Å². The van der Waals surface area contributed by atoms with Crippen LogP contribution in [0.5, 0.6) is 0 Å². The van der Waals surface area contributed by atoms with Crippen LogP contribution in [0, 0.1) is 0 Å². The SMILES string of the molecule is CN(CC(=O)O)C(=O)c1cnn(C(C)(C)C)c1C(F)(F)F. The number of carboxylic acid groups (broad SMARTS) is 1. The summed E-state index contributed by atoms with van der Waals surface area (Å²) < 4.78 is 40.3. The van der Waals surface area contributed by atoms with Crippen LogP contribution in [0.4, 0.5) is 13.2 Å². The summed E-state index contributed by atoms with van der Waals surface area (Å²) in [6.07, 6.45) is -3.96. The van der Waals surface area contributed by atoms with Crippen molar-refractivity contribution in [3.8, 4) is 0 Å². The molecule has 1 aromatic heterocycles. The Morgan fingerprint density at radius 1 is 1.33 bits per heavy atom. The minimum absolute atomic E-state index is 0.666. The van der Waals surface area contributed by atoms with Crippen molar-refractivity contribution in [1.82, 2.24) is 14.7 Å². The number of amides is 1. The first-order chi connectivity index (χ1) is 9.35. The highest BCUT2D eigenvalue weighted by Crippen LogP contribution is 2.35.